The van der Waals surface area contributed by atoms with Crippen molar-refractivity contribution in [3.63, 3.8) is 0 Å². The van der Waals surface area contributed by atoms with Gasteiger partial charge in [-0.05, 0) is 73.0 Å². The lowest BCUT2D eigenvalue weighted by Gasteiger charge is -2.44. The molecule has 58 heavy (non-hydrogen) atoms. The molecule has 5 atom stereocenters. The van der Waals surface area contributed by atoms with Crippen molar-refractivity contribution in [2.24, 2.45) is 23.2 Å². The molecule has 2 aliphatic heterocycles. The number of nitrogens with zero attached hydrogens (tertiary/aromatic N) is 4. The molecule has 14 heteroatoms. The van der Waals surface area contributed by atoms with E-state index in [9.17, 15) is 19.1 Å². The Morgan fingerprint density at radius 2 is 1.69 bits per heavy atom. The summed E-state index contributed by atoms with van der Waals surface area (Å²) in [5.74, 6) is -2.81. The SMILES string of the molecule is CC(=O)OC(C)C(=O)N(C[C@@H]1C(C(C)(C)C)N(C(=O)O)C[C@H]1CO[Si](C)(C)C(C)(C)C)[C@@H](c1nc(-c2cc(F)ccc2F)cn1Cc1ccccc1)C1CCOCC1. The Morgan fingerprint density at radius 3 is 2.28 bits per heavy atom. The number of benzene rings is 2. The van der Waals surface area contributed by atoms with Crippen molar-refractivity contribution < 1.29 is 42.2 Å². The minimum Gasteiger partial charge on any atom is -0.465 e. The van der Waals surface area contributed by atoms with Gasteiger partial charge in [0.2, 0.25) is 0 Å². The quantitative estimate of drug-likeness (QED) is 0.134. The number of imidazole rings is 1. The lowest BCUT2D eigenvalue weighted by Crippen LogP contribution is -2.53. The van der Waals surface area contributed by atoms with Crippen LogP contribution in [0.5, 0.6) is 0 Å². The van der Waals surface area contributed by atoms with E-state index in [1.807, 2.05) is 55.7 Å². The summed E-state index contributed by atoms with van der Waals surface area (Å²) in [6.07, 6.45) is 0.576. The molecule has 3 aromatic rings. The summed E-state index contributed by atoms with van der Waals surface area (Å²) < 4.78 is 50.3. The second-order valence-electron chi connectivity index (χ2n) is 18.6. The van der Waals surface area contributed by atoms with Crippen LogP contribution in [0.3, 0.4) is 0 Å². The minimum absolute atomic E-state index is 0.0199. The van der Waals surface area contributed by atoms with Gasteiger partial charge in [0.25, 0.3) is 5.91 Å². The third-order valence-corrected chi connectivity index (χ3v) is 16.8. The molecule has 2 unspecified atom stereocenters. The number of amides is 2. The predicted molar refractivity (Wildman–Crippen MR) is 220 cm³/mol. The molecule has 3 heterocycles. The topological polar surface area (TPSA) is 123 Å². The van der Waals surface area contributed by atoms with Gasteiger partial charge in [-0.25, -0.2) is 18.6 Å². The van der Waals surface area contributed by atoms with Crippen LogP contribution in [0.1, 0.15) is 85.7 Å². The Labute approximate surface area is 343 Å². The first-order valence-corrected chi connectivity index (χ1v) is 23.2. The van der Waals surface area contributed by atoms with Gasteiger partial charge in [-0.1, -0.05) is 71.9 Å². The number of halogens is 2. The first-order valence-electron chi connectivity index (χ1n) is 20.3. The minimum atomic E-state index is -2.29. The van der Waals surface area contributed by atoms with E-state index in [-0.39, 0.29) is 41.2 Å². The Kier molecular flexibility index (Phi) is 14.0. The molecule has 5 rings (SSSR count). The molecule has 2 aliphatic rings. The van der Waals surface area contributed by atoms with Gasteiger partial charge in [0, 0.05) is 76.0 Å². The largest absolute Gasteiger partial charge is 0.465 e. The monoisotopic (exact) mass is 824 g/mol. The Bertz CT molecular complexity index is 1910. The van der Waals surface area contributed by atoms with Crippen LogP contribution in [-0.4, -0.2) is 95.8 Å². The van der Waals surface area contributed by atoms with Crippen molar-refractivity contribution in [2.75, 3.05) is 32.9 Å². The molecule has 1 N–H and O–H groups in total. The number of ether oxygens (including phenoxy) is 2. The summed E-state index contributed by atoms with van der Waals surface area (Å²) in [4.78, 5) is 48.8. The van der Waals surface area contributed by atoms with Gasteiger partial charge in [-0.3, -0.25) is 9.59 Å². The molecule has 0 radical (unpaired) electrons. The van der Waals surface area contributed by atoms with Crippen molar-refractivity contribution >= 4 is 26.3 Å². The third kappa shape index (κ3) is 10.3. The van der Waals surface area contributed by atoms with Crippen LogP contribution in [0.15, 0.2) is 54.7 Å². The molecular weight excluding hydrogens is 763 g/mol. The van der Waals surface area contributed by atoms with E-state index in [1.54, 1.807) is 18.0 Å². The van der Waals surface area contributed by atoms with E-state index in [0.29, 0.717) is 45.0 Å². The standard InChI is InChI=1S/C44H62F2N4O7Si/c1-28(57-29(2)51)41(52)49(25-35-32(27-56-58(9,10)44(6,7)8)24-50(42(53)54)39(35)43(3,4)5)38(31-18-20-55-21-19-31)40-47-37(34-22-33(45)16-17-36(34)46)26-48(40)23-30-14-12-11-13-15-30/h11-17,22,26,28,31-32,35,38-39H,18-21,23-25,27H2,1-10H3,(H,53,54)/t28?,32-,35-,38+,39?/m0/s1. The van der Waals surface area contributed by atoms with Crippen LogP contribution < -0.4 is 0 Å². The number of aromatic nitrogens is 2. The number of hydrogen-bond acceptors (Lipinski definition) is 7. The molecule has 0 bridgehead atoms. The highest BCUT2D eigenvalue weighted by atomic mass is 28.4. The maximum absolute atomic E-state index is 15.5. The van der Waals surface area contributed by atoms with Gasteiger partial charge in [0.1, 0.15) is 17.5 Å². The Balaban J connectivity index is 1.73. The van der Waals surface area contributed by atoms with Crippen LogP contribution in [0.25, 0.3) is 11.3 Å². The predicted octanol–water partition coefficient (Wildman–Crippen LogP) is 8.79. The van der Waals surface area contributed by atoms with E-state index in [2.05, 4.69) is 33.9 Å². The van der Waals surface area contributed by atoms with Crippen LogP contribution in [0, 0.1) is 34.8 Å². The van der Waals surface area contributed by atoms with Gasteiger partial charge >= 0.3 is 12.1 Å². The molecule has 2 aromatic carbocycles. The molecule has 1 aromatic heterocycles. The fourth-order valence-corrected chi connectivity index (χ4v) is 9.45. The second-order valence-corrected chi connectivity index (χ2v) is 23.4. The normalized spacial score (nSPS) is 20.5. The van der Waals surface area contributed by atoms with Crippen molar-refractivity contribution in [2.45, 2.75) is 111 Å². The number of carbonyl (C=O) groups is 3. The third-order valence-electron chi connectivity index (χ3n) is 12.3. The van der Waals surface area contributed by atoms with Crippen LogP contribution in [0.4, 0.5) is 13.6 Å². The fourth-order valence-electron chi connectivity index (χ4n) is 8.39. The van der Waals surface area contributed by atoms with Gasteiger partial charge in [0.05, 0.1) is 11.7 Å². The van der Waals surface area contributed by atoms with Gasteiger partial charge in [0.15, 0.2) is 14.4 Å². The maximum atomic E-state index is 15.5. The van der Waals surface area contributed by atoms with E-state index >= 15 is 9.18 Å². The molecule has 0 aliphatic carbocycles. The molecule has 2 fully saturated rings. The van der Waals surface area contributed by atoms with E-state index in [0.717, 1.165) is 23.8 Å². The summed E-state index contributed by atoms with van der Waals surface area (Å²) in [7, 11) is -2.29. The Hall–Kier alpha value is -4.14. The van der Waals surface area contributed by atoms with Crippen molar-refractivity contribution in [1.29, 1.82) is 0 Å². The molecule has 2 saturated heterocycles. The highest BCUT2D eigenvalue weighted by Gasteiger charge is 2.52. The average Bonchev–Trinajstić information content (AvgIpc) is 3.73. The maximum Gasteiger partial charge on any atom is 0.407 e. The lowest BCUT2D eigenvalue weighted by atomic mass is 9.76. The zero-order chi connectivity index (χ0) is 42.7. The number of carboxylic acid groups (broad SMARTS) is 1. The highest BCUT2D eigenvalue weighted by molar-refractivity contribution is 6.74. The second kappa shape index (κ2) is 18.0. The van der Waals surface area contributed by atoms with E-state index in [1.165, 1.54) is 11.8 Å². The van der Waals surface area contributed by atoms with Crippen molar-refractivity contribution in [3.05, 3.63) is 77.8 Å². The molecule has 11 nitrogen and oxygen atoms in total. The number of esters is 1. The zero-order valence-corrected chi connectivity index (χ0v) is 36.8. The lowest BCUT2D eigenvalue weighted by molar-refractivity contribution is -0.160. The van der Waals surface area contributed by atoms with Crippen molar-refractivity contribution in [1.82, 2.24) is 19.4 Å². The Morgan fingerprint density at radius 1 is 1.03 bits per heavy atom. The first kappa shape index (κ1) is 45.0. The highest BCUT2D eigenvalue weighted by Crippen LogP contribution is 2.45. The summed E-state index contributed by atoms with van der Waals surface area (Å²) >= 11 is 0. The molecular formula is C44H62F2N4O7Si. The van der Waals surface area contributed by atoms with Crippen LogP contribution >= 0.6 is 0 Å². The van der Waals surface area contributed by atoms with Crippen LogP contribution in [-0.2, 0) is 30.0 Å². The summed E-state index contributed by atoms with van der Waals surface area (Å²) in [6.45, 7) is 21.4. The number of hydrogen-bond donors (Lipinski definition) is 1. The summed E-state index contributed by atoms with van der Waals surface area (Å²) in [6, 6.07) is 11.6. The molecule has 318 valence electrons. The molecule has 0 spiro atoms. The fraction of sp³-hybridized carbons (Fsp3) is 0.591. The van der Waals surface area contributed by atoms with Crippen LogP contribution in [0.2, 0.25) is 18.1 Å². The van der Waals surface area contributed by atoms with E-state index < -0.39 is 67.4 Å². The first-order chi connectivity index (χ1) is 27.1. The number of likely N-dealkylation sites (tertiary alicyclic amines) is 1. The summed E-state index contributed by atoms with van der Waals surface area (Å²) in [5.41, 5.74) is 0.556. The molecule has 2 amide bonds. The number of carbonyl (C=O) groups excluding carboxylic acids is 2. The smallest absolute Gasteiger partial charge is 0.407 e. The summed E-state index contributed by atoms with van der Waals surface area (Å²) in [5, 5.41) is 10.6. The van der Waals surface area contributed by atoms with E-state index in [4.69, 9.17) is 18.9 Å². The average molecular weight is 825 g/mol. The van der Waals surface area contributed by atoms with Gasteiger partial charge in [-0.2, -0.15) is 0 Å². The number of rotatable bonds is 13. The zero-order valence-electron chi connectivity index (χ0n) is 35.8. The van der Waals surface area contributed by atoms with Gasteiger partial charge < -0.3 is 33.4 Å². The van der Waals surface area contributed by atoms with Gasteiger partial charge in [-0.15, -0.1) is 0 Å². The molecule has 0 saturated carbocycles. The van der Waals surface area contributed by atoms with Crippen molar-refractivity contribution in [3.8, 4) is 11.3 Å².